The van der Waals surface area contributed by atoms with Crippen LogP contribution in [0, 0.1) is 0 Å². The van der Waals surface area contributed by atoms with Gasteiger partial charge in [0, 0.05) is 35.6 Å². The summed E-state index contributed by atoms with van der Waals surface area (Å²) < 4.78 is 62.4. The molecule has 1 unspecified atom stereocenters. The average Bonchev–Trinajstić information content (AvgIpc) is 2.99. The Morgan fingerprint density at radius 1 is 1.31 bits per heavy atom. The van der Waals surface area contributed by atoms with E-state index in [0.29, 0.717) is 4.90 Å². The van der Waals surface area contributed by atoms with Crippen LogP contribution in [0.1, 0.15) is 44.0 Å². The predicted octanol–water partition coefficient (Wildman–Crippen LogP) is 2.51. The molecule has 0 aromatic heterocycles. The smallest absolute Gasteiger partial charge is 0.346 e. The Kier molecular flexibility index (Phi) is 4.48. The van der Waals surface area contributed by atoms with Crippen LogP contribution >= 0.6 is 11.6 Å². The van der Waals surface area contributed by atoms with Gasteiger partial charge >= 0.3 is 5.92 Å². The SMILES string of the molecule is [2H]c1cc(CN([2H])C(=O)C(F)(F)c2ccc(Cl)cc2)cc2c1C(=O)N(C1CCC(=O)NC1=O)C2([2H])[2H]. The van der Waals surface area contributed by atoms with Gasteiger partial charge in [-0.2, -0.15) is 8.78 Å². The molecule has 0 radical (unpaired) electrons. The Morgan fingerprint density at radius 3 is 2.72 bits per heavy atom. The number of carbonyl (C=O) groups excluding carboxylic acids is 4. The van der Waals surface area contributed by atoms with E-state index in [1.807, 2.05) is 0 Å². The van der Waals surface area contributed by atoms with E-state index in [0.717, 1.165) is 24.3 Å². The predicted molar refractivity (Wildman–Crippen MR) is 110 cm³/mol. The lowest BCUT2D eigenvalue weighted by Crippen LogP contribution is -2.52. The summed E-state index contributed by atoms with van der Waals surface area (Å²) in [6, 6.07) is 4.66. The van der Waals surface area contributed by atoms with Gasteiger partial charge in [-0.05, 0) is 35.7 Å². The summed E-state index contributed by atoms with van der Waals surface area (Å²) in [5.74, 6) is -8.26. The van der Waals surface area contributed by atoms with Crippen molar-refractivity contribution in [3.8, 4) is 0 Å². The third kappa shape index (κ3) is 4.08. The molecule has 166 valence electrons. The Balaban J connectivity index is 1.61. The topological polar surface area (TPSA) is 95.6 Å². The van der Waals surface area contributed by atoms with Crippen LogP contribution < -0.4 is 10.6 Å². The summed E-state index contributed by atoms with van der Waals surface area (Å²) in [5.41, 5.74) is -1.35. The first kappa shape index (κ1) is 17.3. The molecule has 10 heteroatoms. The van der Waals surface area contributed by atoms with Gasteiger partial charge in [0.15, 0.2) is 1.41 Å². The molecule has 0 aliphatic carbocycles. The summed E-state index contributed by atoms with van der Waals surface area (Å²) >= 11 is 5.69. The lowest BCUT2D eigenvalue weighted by Gasteiger charge is -2.29. The van der Waals surface area contributed by atoms with Crippen LogP contribution in [0.2, 0.25) is 6.43 Å². The van der Waals surface area contributed by atoms with E-state index in [2.05, 4.69) is 5.32 Å². The van der Waals surface area contributed by atoms with Crippen molar-refractivity contribution in [1.29, 1.82) is 0 Å². The van der Waals surface area contributed by atoms with Gasteiger partial charge < -0.3 is 10.2 Å². The second-order valence-electron chi connectivity index (χ2n) is 7.25. The molecule has 2 aromatic carbocycles. The van der Waals surface area contributed by atoms with E-state index in [1.54, 1.807) is 0 Å². The van der Waals surface area contributed by atoms with E-state index in [1.165, 1.54) is 12.1 Å². The van der Waals surface area contributed by atoms with E-state index in [4.69, 9.17) is 17.1 Å². The van der Waals surface area contributed by atoms with Crippen LogP contribution in [-0.4, -0.2) is 34.6 Å². The largest absolute Gasteiger partial charge is 0.349 e. The van der Waals surface area contributed by atoms with Crippen LogP contribution in [-0.2, 0) is 33.3 Å². The molecule has 1 saturated heterocycles. The lowest BCUT2D eigenvalue weighted by molar-refractivity contribution is -0.147. The van der Waals surface area contributed by atoms with E-state index in [-0.39, 0.29) is 39.9 Å². The number of carbonyl (C=O) groups is 4. The molecule has 0 bridgehead atoms. The lowest BCUT2D eigenvalue weighted by atomic mass is 10.0. The minimum absolute atomic E-state index is 0.0138. The zero-order chi connectivity index (χ0) is 26.6. The zero-order valence-corrected chi connectivity index (χ0v) is 17.1. The third-order valence-corrected chi connectivity index (χ3v) is 5.33. The van der Waals surface area contributed by atoms with Crippen LogP contribution in [0.4, 0.5) is 8.78 Å². The van der Waals surface area contributed by atoms with Crippen molar-refractivity contribution < 1.29 is 33.5 Å². The maximum Gasteiger partial charge on any atom is 0.349 e. The number of nitrogens with one attached hydrogen (secondary N) is 2. The van der Waals surface area contributed by atoms with Crippen molar-refractivity contribution in [1.82, 2.24) is 15.5 Å². The van der Waals surface area contributed by atoms with Crippen molar-refractivity contribution >= 4 is 35.2 Å². The molecule has 2 aromatic rings. The van der Waals surface area contributed by atoms with Gasteiger partial charge in [0.05, 0.1) is 4.11 Å². The summed E-state index contributed by atoms with van der Waals surface area (Å²) in [7, 11) is 0. The second-order valence-corrected chi connectivity index (χ2v) is 7.69. The summed E-state index contributed by atoms with van der Waals surface area (Å²) in [5, 5.41) is 2.22. The summed E-state index contributed by atoms with van der Waals surface area (Å²) in [6.45, 7) is -3.31. The van der Waals surface area contributed by atoms with Crippen molar-refractivity contribution in [2.75, 3.05) is 0 Å². The van der Waals surface area contributed by atoms with Crippen LogP contribution in [0.5, 0.6) is 0 Å². The zero-order valence-electron chi connectivity index (χ0n) is 20.3. The van der Waals surface area contributed by atoms with Gasteiger partial charge in [0.25, 0.3) is 11.8 Å². The highest BCUT2D eigenvalue weighted by Crippen LogP contribution is 2.30. The molecule has 4 rings (SSSR count). The highest BCUT2D eigenvalue weighted by Gasteiger charge is 2.41. The fraction of sp³-hybridized carbons (Fsp3) is 0.273. The van der Waals surface area contributed by atoms with Crippen LogP contribution in [0.3, 0.4) is 0 Å². The molecule has 0 spiro atoms. The molecular formula is C22H18ClF2N3O4. The van der Waals surface area contributed by atoms with Gasteiger partial charge in [-0.1, -0.05) is 35.9 Å². The molecule has 2 N–H and O–H groups in total. The summed E-state index contributed by atoms with van der Waals surface area (Å²) in [4.78, 5) is 49.8. The quantitative estimate of drug-likeness (QED) is 0.663. The minimum atomic E-state index is -4.06. The van der Waals surface area contributed by atoms with Crippen molar-refractivity contribution in [3.05, 3.63) is 69.7 Å². The molecule has 32 heavy (non-hydrogen) atoms. The highest BCUT2D eigenvalue weighted by atomic mass is 35.5. The Hall–Kier alpha value is -3.33. The molecule has 2 aliphatic rings. The first-order valence-electron chi connectivity index (χ1n) is 11.5. The molecule has 2 heterocycles. The number of hydrogen-bond acceptors (Lipinski definition) is 4. The Labute approximate surface area is 192 Å². The average molecular weight is 466 g/mol. The molecule has 1 fully saturated rings. The first-order chi connectivity index (χ1) is 16.7. The fourth-order valence-corrected chi connectivity index (χ4v) is 3.52. The monoisotopic (exact) mass is 465 g/mol. The molecule has 7 nitrogen and oxygen atoms in total. The van der Waals surface area contributed by atoms with Crippen molar-refractivity contribution in [2.24, 2.45) is 0 Å². The molecule has 2 aliphatic heterocycles. The number of rotatable bonds is 5. The molecular weight excluding hydrogens is 444 g/mol. The standard InChI is InChI=1S/C22H18ClF2N3O4/c23-15-4-2-14(3-5-15)22(24,25)21(32)26-10-12-1-6-16-13(9-12)11-28(20(16)31)17-7-8-18(29)27-19(17)30/h1-6,9,17H,7-8,10-11H2,(H,26,32)(H,27,29,30)/i6D,11D2/hD. The number of fused-ring (bicyclic) bond motifs is 1. The number of halogens is 3. The number of nitrogens with zero attached hydrogens (tertiary/aromatic N) is 1. The maximum atomic E-state index is 14.7. The minimum Gasteiger partial charge on any atom is -0.346 e. The van der Waals surface area contributed by atoms with Crippen LogP contribution in [0.25, 0.3) is 0 Å². The molecule has 0 saturated carbocycles. The second kappa shape index (κ2) is 8.31. The number of imide groups is 1. The summed E-state index contributed by atoms with van der Waals surface area (Å²) in [6.07, 6.45) is -0.220. The van der Waals surface area contributed by atoms with E-state index in [9.17, 15) is 28.0 Å². The van der Waals surface area contributed by atoms with Gasteiger partial charge in [0.1, 0.15) is 6.04 Å². The normalized spacial score (nSPS) is 21.8. The number of alkyl halides is 2. The Bertz CT molecular complexity index is 1290. The van der Waals surface area contributed by atoms with Gasteiger partial charge in [-0.15, -0.1) is 0 Å². The van der Waals surface area contributed by atoms with E-state index < -0.39 is 60.2 Å². The number of piperidine rings is 1. The van der Waals surface area contributed by atoms with E-state index >= 15 is 0 Å². The molecule has 1 atom stereocenters. The third-order valence-electron chi connectivity index (χ3n) is 5.08. The fourth-order valence-electron chi connectivity index (χ4n) is 3.39. The number of hydrogen-bond donors (Lipinski definition) is 2. The Morgan fingerprint density at radius 2 is 2.03 bits per heavy atom. The van der Waals surface area contributed by atoms with Gasteiger partial charge in [0.2, 0.25) is 11.8 Å². The number of benzene rings is 2. The molecule has 4 amide bonds. The first-order valence-corrected chi connectivity index (χ1v) is 9.89. The van der Waals surface area contributed by atoms with Crippen molar-refractivity contribution in [2.45, 2.75) is 37.8 Å². The van der Waals surface area contributed by atoms with Crippen molar-refractivity contribution in [3.63, 3.8) is 0 Å². The maximum absolute atomic E-state index is 14.7. The highest BCUT2D eigenvalue weighted by molar-refractivity contribution is 6.30. The van der Waals surface area contributed by atoms with Gasteiger partial charge in [-0.3, -0.25) is 24.5 Å². The van der Waals surface area contributed by atoms with Crippen LogP contribution in [0.15, 0.2) is 42.4 Å². The van der Waals surface area contributed by atoms with Gasteiger partial charge in [-0.25, -0.2) is 0 Å². The number of amides is 4.